The van der Waals surface area contributed by atoms with E-state index in [4.69, 9.17) is 35.9 Å². The van der Waals surface area contributed by atoms with Crippen molar-refractivity contribution >= 4 is 65.2 Å². The van der Waals surface area contributed by atoms with Crippen LogP contribution < -0.4 is 5.32 Å². The van der Waals surface area contributed by atoms with E-state index in [1.165, 1.54) is 6.07 Å². The quantitative estimate of drug-likeness (QED) is 0.409. The summed E-state index contributed by atoms with van der Waals surface area (Å²) in [6.45, 7) is 0. The molecule has 178 valence electrons. The van der Waals surface area contributed by atoms with Crippen LogP contribution in [0.5, 0.6) is 0 Å². The first-order chi connectivity index (χ1) is 16.6. The molecule has 4 nitrogen and oxygen atoms in total. The maximum absolute atomic E-state index is 14.5. The minimum absolute atomic E-state index is 0.00560. The van der Waals surface area contributed by atoms with E-state index < -0.39 is 17.6 Å². The van der Waals surface area contributed by atoms with Gasteiger partial charge in [-0.3, -0.25) is 4.79 Å². The molecule has 1 amide bonds. The van der Waals surface area contributed by atoms with E-state index in [-0.39, 0.29) is 33.3 Å². The number of benzene rings is 3. The fraction of sp³-hybridized carbons (Fsp3) is 0.250. The summed E-state index contributed by atoms with van der Waals surface area (Å²) in [6.07, 6.45) is -4.94. The zero-order valence-electron chi connectivity index (χ0n) is 17.9. The lowest BCUT2D eigenvalue weighted by atomic mass is 9.65. The molecule has 2 unspecified atom stereocenters. The number of hydrogen-bond acceptors (Lipinski definition) is 4. The molecule has 2 aliphatic heterocycles. The first-order valence-electron chi connectivity index (χ1n) is 10.6. The van der Waals surface area contributed by atoms with Crippen molar-refractivity contribution in [3.05, 3.63) is 81.3 Å². The van der Waals surface area contributed by atoms with Gasteiger partial charge < -0.3 is 10.2 Å². The number of oxime groups is 1. The number of carbonyl (C=O) groups is 1. The number of nitrogens with one attached hydrogen (secondary N) is 1. The van der Waals surface area contributed by atoms with E-state index in [9.17, 15) is 18.0 Å². The van der Waals surface area contributed by atoms with Crippen LogP contribution in [-0.4, -0.2) is 43.2 Å². The number of fused-ring (bicyclic) bond motifs is 1. The molecule has 3 aromatic carbocycles. The Hall–Kier alpha value is -2.36. The summed E-state index contributed by atoms with van der Waals surface area (Å²) in [5, 5.41) is 7.91. The molecule has 0 aliphatic carbocycles. The summed E-state index contributed by atoms with van der Waals surface area (Å²) in [5.41, 5.74) is -2.69. The normalized spacial score (nSPS) is 22.4. The Morgan fingerprint density at radius 3 is 2.34 bits per heavy atom. The molecule has 1 saturated heterocycles. The van der Waals surface area contributed by atoms with Gasteiger partial charge in [0.25, 0.3) is 11.5 Å². The second-order valence-corrected chi connectivity index (χ2v) is 10.3. The zero-order valence-corrected chi connectivity index (χ0v) is 20.2. The van der Waals surface area contributed by atoms with Crippen LogP contribution in [-0.2, 0) is 10.4 Å². The van der Waals surface area contributed by atoms with Crippen LogP contribution in [0.1, 0.15) is 21.5 Å². The molecule has 2 atom stereocenters. The van der Waals surface area contributed by atoms with Crippen LogP contribution >= 0.6 is 35.0 Å². The summed E-state index contributed by atoms with van der Waals surface area (Å²) in [7, 11) is 6.25. The van der Waals surface area contributed by atoms with Gasteiger partial charge in [-0.2, -0.15) is 24.9 Å². The topological polar surface area (TPSA) is 50.7 Å². The SMILES string of the molecule is [B]C1C(c2ccc(C(=O)NC3CSC3)c3ccccc23)=NOC1(c1cc(Cl)cc(Cl)c1)C(F)(F)F. The minimum Gasteiger partial charge on any atom is -0.374 e. The molecular weight excluding hydrogens is 519 g/mol. The van der Waals surface area contributed by atoms with E-state index in [2.05, 4.69) is 10.5 Å². The van der Waals surface area contributed by atoms with Crippen LogP contribution in [0.2, 0.25) is 15.9 Å². The molecule has 2 radical (unpaired) electrons. The van der Waals surface area contributed by atoms with Gasteiger partial charge in [0, 0.05) is 50.1 Å². The Morgan fingerprint density at radius 2 is 1.74 bits per heavy atom. The lowest BCUT2D eigenvalue weighted by Crippen LogP contribution is -2.46. The van der Waals surface area contributed by atoms with E-state index in [0.717, 1.165) is 23.6 Å². The van der Waals surface area contributed by atoms with Crippen LogP contribution in [0.3, 0.4) is 0 Å². The maximum Gasteiger partial charge on any atom is 0.435 e. The monoisotopic (exact) mass is 534 g/mol. The van der Waals surface area contributed by atoms with Crippen molar-refractivity contribution in [1.82, 2.24) is 5.32 Å². The number of halogens is 5. The minimum atomic E-state index is -4.94. The molecule has 0 spiro atoms. The van der Waals surface area contributed by atoms with Crippen molar-refractivity contribution in [3.63, 3.8) is 0 Å². The third-order valence-electron chi connectivity index (χ3n) is 6.15. The van der Waals surface area contributed by atoms with Gasteiger partial charge in [-0.1, -0.05) is 58.7 Å². The van der Waals surface area contributed by atoms with Gasteiger partial charge in [0.2, 0.25) is 0 Å². The molecule has 0 bridgehead atoms. The highest BCUT2D eigenvalue weighted by atomic mass is 35.5. The predicted molar refractivity (Wildman–Crippen MR) is 134 cm³/mol. The van der Waals surface area contributed by atoms with E-state index >= 15 is 0 Å². The van der Waals surface area contributed by atoms with Crippen molar-refractivity contribution < 1.29 is 22.8 Å². The first-order valence-corrected chi connectivity index (χ1v) is 12.5. The van der Waals surface area contributed by atoms with Crippen LogP contribution in [0.15, 0.2) is 59.8 Å². The Labute approximate surface area is 214 Å². The van der Waals surface area contributed by atoms with Gasteiger partial charge in [-0.25, -0.2) is 0 Å². The van der Waals surface area contributed by atoms with Gasteiger partial charge in [-0.05, 0) is 35.0 Å². The molecule has 3 aromatic rings. The van der Waals surface area contributed by atoms with Gasteiger partial charge in [0.1, 0.15) is 0 Å². The summed E-state index contributed by atoms with van der Waals surface area (Å²) in [6, 6.07) is 13.7. The number of alkyl halides is 3. The Kier molecular flexibility index (Phi) is 6.22. The Balaban J connectivity index is 1.59. The van der Waals surface area contributed by atoms with Crippen molar-refractivity contribution in [1.29, 1.82) is 0 Å². The number of thioether (sulfide) groups is 1. The highest BCUT2D eigenvalue weighted by molar-refractivity contribution is 8.00. The van der Waals surface area contributed by atoms with E-state index in [1.807, 2.05) is 0 Å². The Morgan fingerprint density at radius 1 is 1.09 bits per heavy atom. The number of carbonyl (C=O) groups excluding carboxylic acids is 1. The summed E-state index contributed by atoms with van der Waals surface area (Å²) < 4.78 is 43.6. The van der Waals surface area contributed by atoms with Crippen molar-refractivity contribution in [2.45, 2.75) is 23.6 Å². The number of nitrogens with zero attached hydrogens (tertiary/aromatic N) is 1. The highest BCUT2D eigenvalue weighted by Gasteiger charge is 2.66. The lowest BCUT2D eigenvalue weighted by molar-refractivity contribution is -0.275. The fourth-order valence-electron chi connectivity index (χ4n) is 4.34. The van der Waals surface area contributed by atoms with E-state index in [0.29, 0.717) is 21.9 Å². The molecule has 0 aromatic heterocycles. The first kappa shape index (κ1) is 24.3. The Bertz CT molecular complexity index is 1350. The molecule has 35 heavy (non-hydrogen) atoms. The molecule has 11 heteroatoms. The third-order valence-corrected chi connectivity index (χ3v) is 7.86. The maximum atomic E-state index is 14.5. The summed E-state index contributed by atoms with van der Waals surface area (Å²) in [4.78, 5) is 18.0. The lowest BCUT2D eigenvalue weighted by Gasteiger charge is -2.34. The smallest absolute Gasteiger partial charge is 0.374 e. The summed E-state index contributed by atoms with van der Waals surface area (Å²) >= 11 is 13.7. The molecule has 1 fully saturated rings. The van der Waals surface area contributed by atoms with Crippen LogP contribution in [0.25, 0.3) is 10.8 Å². The van der Waals surface area contributed by atoms with Gasteiger partial charge in [0.15, 0.2) is 0 Å². The molecule has 0 saturated carbocycles. The number of hydrogen-bond donors (Lipinski definition) is 1. The predicted octanol–water partition coefficient (Wildman–Crippen LogP) is 6.14. The van der Waals surface area contributed by atoms with Crippen LogP contribution in [0.4, 0.5) is 13.2 Å². The standard InChI is InChI=1S/C24H16BCl2F3N2O2S/c25-21-20(32-34-23(21,24(28,29)30)12-7-13(26)9-14(27)8-12)18-5-6-19(17-4-2-1-3-16(17)18)22(33)31-15-10-35-11-15/h1-9,15,21H,10-11H2,(H,31,33). The second kappa shape index (κ2) is 8.94. The molecule has 5 rings (SSSR count). The average molecular weight is 535 g/mol. The fourth-order valence-corrected chi connectivity index (χ4v) is 5.50. The number of rotatable bonds is 4. The zero-order chi connectivity index (χ0) is 25.0. The molecule has 2 aliphatic rings. The average Bonchev–Trinajstić information content (AvgIpc) is 3.12. The molecule has 2 heterocycles. The molecule has 1 N–H and O–H groups in total. The van der Waals surface area contributed by atoms with Gasteiger partial charge in [0.05, 0.1) is 13.6 Å². The molecular formula is C24H16BCl2F3N2O2S. The number of amides is 1. The van der Waals surface area contributed by atoms with Gasteiger partial charge >= 0.3 is 6.18 Å². The van der Waals surface area contributed by atoms with E-state index in [1.54, 1.807) is 48.2 Å². The van der Waals surface area contributed by atoms with Crippen molar-refractivity contribution in [2.24, 2.45) is 5.16 Å². The third kappa shape index (κ3) is 4.07. The van der Waals surface area contributed by atoms with Gasteiger partial charge in [-0.15, -0.1) is 0 Å². The largest absolute Gasteiger partial charge is 0.435 e. The van der Waals surface area contributed by atoms with Crippen LogP contribution in [0, 0.1) is 0 Å². The van der Waals surface area contributed by atoms with Crippen molar-refractivity contribution in [2.75, 3.05) is 11.5 Å². The summed E-state index contributed by atoms with van der Waals surface area (Å²) in [5.74, 6) is -0.285. The van der Waals surface area contributed by atoms with Crippen molar-refractivity contribution in [3.8, 4) is 0 Å². The highest BCUT2D eigenvalue weighted by Crippen LogP contribution is 2.54. The second-order valence-electron chi connectivity index (χ2n) is 8.35.